The van der Waals surface area contributed by atoms with Crippen LogP contribution in [-0.2, 0) is 16.6 Å². The molecule has 0 radical (unpaired) electrons. The molecule has 1 aliphatic rings. The van der Waals surface area contributed by atoms with Gasteiger partial charge in [-0.05, 0) is 41.5 Å². The summed E-state index contributed by atoms with van der Waals surface area (Å²) in [6.45, 7) is 3.96. The number of aliphatic hydroxyl groups excluding tert-OH is 1. The van der Waals surface area contributed by atoms with E-state index in [1.54, 1.807) is 32.0 Å². The van der Waals surface area contributed by atoms with Crippen LogP contribution in [0.4, 0.5) is 0 Å². The number of carbonyl (C=O) groups excluding carboxylic acids is 1. The lowest BCUT2D eigenvalue weighted by atomic mass is 9.88. The first kappa shape index (κ1) is 25.1. The number of rotatable bonds is 7. The molecule has 3 aromatic rings. The van der Waals surface area contributed by atoms with E-state index in [4.69, 9.17) is 14.2 Å². The number of allylic oxidation sites excluding steroid dienone is 2. The second-order valence-corrected chi connectivity index (χ2v) is 8.71. The number of ether oxygens (including phenoxy) is 3. The molecule has 4 rings (SSSR count). The molecular weight excluding hydrogens is 460 g/mol. The summed E-state index contributed by atoms with van der Waals surface area (Å²) in [6.07, 6.45) is 2.56. The monoisotopic (exact) mass is 490 g/mol. The molecule has 36 heavy (non-hydrogen) atoms. The van der Waals surface area contributed by atoms with Gasteiger partial charge in [0.2, 0.25) is 0 Å². The predicted octanol–water partition coefficient (Wildman–Crippen LogP) is 3.43. The van der Waals surface area contributed by atoms with Crippen LogP contribution in [0.25, 0.3) is 11.1 Å². The Kier molecular flexibility index (Phi) is 7.49. The van der Waals surface area contributed by atoms with Gasteiger partial charge in [-0.1, -0.05) is 42.5 Å². The quantitative estimate of drug-likeness (QED) is 0.396. The zero-order chi connectivity index (χ0) is 25.8. The summed E-state index contributed by atoms with van der Waals surface area (Å²) >= 11 is 0. The van der Waals surface area contributed by atoms with Crippen molar-refractivity contribution >= 4 is 17.1 Å². The Labute approximate surface area is 210 Å². The highest BCUT2D eigenvalue weighted by atomic mass is 16.5. The minimum Gasteiger partial charge on any atom is -0.496 e. The van der Waals surface area contributed by atoms with Crippen LogP contribution in [0, 0.1) is 13.8 Å². The van der Waals surface area contributed by atoms with Crippen molar-refractivity contribution in [2.45, 2.75) is 38.9 Å². The van der Waals surface area contributed by atoms with E-state index in [0.717, 1.165) is 27.8 Å². The van der Waals surface area contributed by atoms with Crippen molar-refractivity contribution in [2.24, 2.45) is 7.05 Å². The number of carbonyl (C=O) groups is 1. The maximum absolute atomic E-state index is 11.9. The molecule has 188 valence electrons. The van der Waals surface area contributed by atoms with Crippen LogP contribution in [0.1, 0.15) is 40.9 Å². The lowest BCUT2D eigenvalue weighted by Gasteiger charge is -2.24. The third-order valence-corrected chi connectivity index (χ3v) is 6.17. The molecular formula is C27H30N4O5. The zero-order valence-corrected chi connectivity index (χ0v) is 21.1. The van der Waals surface area contributed by atoms with E-state index < -0.39 is 18.2 Å². The highest BCUT2D eigenvalue weighted by molar-refractivity contribution is 6.03. The van der Waals surface area contributed by atoms with Gasteiger partial charge in [-0.15, -0.1) is 5.10 Å². The fourth-order valence-electron chi connectivity index (χ4n) is 4.53. The Morgan fingerprint density at radius 3 is 2.19 bits per heavy atom. The van der Waals surface area contributed by atoms with Gasteiger partial charge in [-0.2, -0.15) is 0 Å². The molecule has 9 nitrogen and oxygen atoms in total. The Balaban J connectivity index is 2.05. The van der Waals surface area contributed by atoms with E-state index in [0.29, 0.717) is 29.3 Å². The average molecular weight is 491 g/mol. The standard InChI is InChI=1S/C27H30N4O5/c1-16-8-6-10-20(25(16)34-4)24(21-11-7-9-17(2)26(21)35-5)22(27-28-29-30-31(27)3)13-12-19-14-18(32)15-23(33)36-19/h6-13,18-19,32H,14-15H2,1-5H3/b13-12+/t18-,19-/m1/s1. The number of hydrogen-bond acceptors (Lipinski definition) is 8. The van der Waals surface area contributed by atoms with E-state index in [2.05, 4.69) is 15.5 Å². The molecule has 2 aromatic carbocycles. The number of esters is 1. The molecule has 1 aromatic heterocycles. The predicted molar refractivity (Wildman–Crippen MR) is 134 cm³/mol. The minimum absolute atomic E-state index is 0.00747. The Morgan fingerprint density at radius 1 is 1.08 bits per heavy atom. The molecule has 1 saturated heterocycles. The van der Waals surface area contributed by atoms with Crippen LogP contribution in [0.2, 0.25) is 0 Å². The summed E-state index contributed by atoms with van der Waals surface area (Å²) in [5.41, 5.74) is 5.03. The van der Waals surface area contributed by atoms with Crippen molar-refractivity contribution in [1.82, 2.24) is 20.2 Å². The van der Waals surface area contributed by atoms with E-state index in [-0.39, 0.29) is 6.42 Å². The number of aromatic nitrogens is 4. The molecule has 0 amide bonds. The molecule has 1 fully saturated rings. The number of nitrogens with zero attached hydrogens (tertiary/aromatic N) is 4. The third-order valence-electron chi connectivity index (χ3n) is 6.17. The van der Waals surface area contributed by atoms with Crippen LogP contribution in [0.3, 0.4) is 0 Å². The van der Waals surface area contributed by atoms with Gasteiger partial charge in [-0.3, -0.25) is 4.79 Å². The summed E-state index contributed by atoms with van der Waals surface area (Å²) in [4.78, 5) is 11.9. The van der Waals surface area contributed by atoms with Gasteiger partial charge >= 0.3 is 5.97 Å². The van der Waals surface area contributed by atoms with Gasteiger partial charge in [0.15, 0.2) is 5.82 Å². The highest BCUT2D eigenvalue weighted by Gasteiger charge is 2.27. The summed E-state index contributed by atoms with van der Waals surface area (Å²) in [5.74, 6) is 1.47. The normalized spacial score (nSPS) is 17.7. The first-order valence-electron chi connectivity index (χ1n) is 11.6. The Bertz CT molecular complexity index is 1270. The molecule has 0 saturated carbocycles. The van der Waals surface area contributed by atoms with Crippen molar-refractivity contribution in [3.8, 4) is 11.5 Å². The van der Waals surface area contributed by atoms with Crippen molar-refractivity contribution in [2.75, 3.05) is 14.2 Å². The Morgan fingerprint density at radius 2 is 1.69 bits per heavy atom. The van der Waals surface area contributed by atoms with Crippen molar-refractivity contribution in [3.63, 3.8) is 0 Å². The van der Waals surface area contributed by atoms with Gasteiger partial charge in [0.1, 0.15) is 17.6 Å². The van der Waals surface area contributed by atoms with Crippen LogP contribution in [-0.4, -0.2) is 57.7 Å². The lowest BCUT2D eigenvalue weighted by molar-refractivity contribution is -0.156. The SMILES string of the molecule is COc1c(C)cccc1C(=C(/C=C/[C@@H]1C[C@@H](O)CC(=O)O1)c1nnnn1C)c1cccc(C)c1OC. The van der Waals surface area contributed by atoms with Crippen molar-refractivity contribution in [1.29, 1.82) is 0 Å². The second-order valence-electron chi connectivity index (χ2n) is 8.71. The van der Waals surface area contributed by atoms with Crippen LogP contribution in [0.15, 0.2) is 48.6 Å². The smallest absolute Gasteiger partial charge is 0.309 e. The number of cyclic esters (lactones) is 1. The van der Waals surface area contributed by atoms with E-state index in [1.165, 1.54) is 0 Å². The summed E-state index contributed by atoms with van der Waals surface area (Å²) in [7, 11) is 5.03. The maximum Gasteiger partial charge on any atom is 0.309 e. The van der Waals surface area contributed by atoms with E-state index in [1.807, 2.05) is 56.3 Å². The number of aliphatic hydroxyl groups is 1. The second kappa shape index (κ2) is 10.7. The molecule has 0 bridgehead atoms. The van der Waals surface area contributed by atoms with E-state index in [9.17, 15) is 9.90 Å². The van der Waals surface area contributed by atoms with E-state index >= 15 is 0 Å². The van der Waals surface area contributed by atoms with Crippen LogP contribution >= 0.6 is 0 Å². The van der Waals surface area contributed by atoms with Gasteiger partial charge in [0.05, 0.1) is 26.7 Å². The van der Waals surface area contributed by atoms with Crippen molar-refractivity contribution < 1.29 is 24.1 Å². The van der Waals surface area contributed by atoms with Gasteiger partial charge in [-0.25, -0.2) is 4.68 Å². The molecule has 2 atom stereocenters. The summed E-state index contributed by atoms with van der Waals surface area (Å²) in [5, 5.41) is 22.3. The topological polar surface area (TPSA) is 109 Å². The van der Waals surface area contributed by atoms with Crippen LogP contribution in [0.5, 0.6) is 11.5 Å². The first-order chi connectivity index (χ1) is 17.3. The minimum atomic E-state index is -0.752. The summed E-state index contributed by atoms with van der Waals surface area (Å²) < 4.78 is 18.7. The average Bonchev–Trinajstić information content (AvgIpc) is 3.26. The van der Waals surface area contributed by atoms with Crippen molar-refractivity contribution in [3.05, 3.63) is 76.6 Å². The van der Waals surface area contributed by atoms with Crippen LogP contribution < -0.4 is 9.47 Å². The van der Waals surface area contributed by atoms with Gasteiger partial charge in [0, 0.05) is 35.7 Å². The molecule has 2 heterocycles. The highest BCUT2D eigenvalue weighted by Crippen LogP contribution is 2.42. The molecule has 9 heteroatoms. The fourth-order valence-corrected chi connectivity index (χ4v) is 4.53. The maximum atomic E-state index is 11.9. The number of methoxy groups -OCH3 is 2. The lowest BCUT2D eigenvalue weighted by Crippen LogP contribution is -2.31. The third kappa shape index (κ3) is 5.01. The summed E-state index contributed by atoms with van der Waals surface area (Å²) in [6, 6.07) is 11.8. The largest absolute Gasteiger partial charge is 0.496 e. The fraction of sp³-hybridized carbons (Fsp3) is 0.333. The first-order valence-corrected chi connectivity index (χ1v) is 11.6. The van der Waals surface area contributed by atoms with Gasteiger partial charge < -0.3 is 19.3 Å². The number of tetrazole rings is 1. The number of hydrogen-bond donors (Lipinski definition) is 1. The number of aryl methyl sites for hydroxylation is 3. The molecule has 1 aliphatic heterocycles. The number of para-hydroxylation sites is 2. The molecule has 0 spiro atoms. The molecule has 1 N–H and O–H groups in total. The Hall–Kier alpha value is -3.98. The number of benzene rings is 2. The molecule has 0 unspecified atom stereocenters. The van der Waals surface area contributed by atoms with Gasteiger partial charge in [0.25, 0.3) is 0 Å². The zero-order valence-electron chi connectivity index (χ0n) is 21.1. The molecule has 0 aliphatic carbocycles.